The summed E-state index contributed by atoms with van der Waals surface area (Å²) in [6.07, 6.45) is 2.93. The van der Waals surface area contributed by atoms with E-state index < -0.39 is 32.8 Å². The summed E-state index contributed by atoms with van der Waals surface area (Å²) in [4.78, 5) is 19.3. The number of aromatic nitrogens is 1. The molecule has 4 rings (SSSR count). The van der Waals surface area contributed by atoms with Crippen LogP contribution in [0.25, 0.3) is 10.9 Å². The lowest BCUT2D eigenvalue weighted by Crippen LogP contribution is -2.47. The monoisotopic (exact) mass is 420 g/mol. The van der Waals surface area contributed by atoms with Gasteiger partial charge in [-0.2, -0.15) is 0 Å². The molecule has 6 heteroatoms. The quantitative estimate of drug-likeness (QED) is 0.591. The Kier molecular flexibility index (Phi) is 3.45. The van der Waals surface area contributed by atoms with Gasteiger partial charge in [-0.05, 0) is 42.4 Å². The number of H-pyrrole nitrogens is 1. The van der Waals surface area contributed by atoms with Crippen LogP contribution in [-0.4, -0.2) is 61.9 Å². The molecular formula is C24H33N3O3. The Morgan fingerprint density at radius 2 is 2.30 bits per heavy atom. The first-order valence-corrected chi connectivity index (χ1v) is 10.2. The first-order valence-electron chi connectivity index (χ1n) is 14.7. The molecule has 2 aliphatic rings. The highest BCUT2D eigenvalue weighted by Crippen LogP contribution is 2.47. The summed E-state index contributed by atoms with van der Waals surface area (Å²) >= 11 is 0. The van der Waals surface area contributed by atoms with Crippen molar-refractivity contribution in [1.29, 1.82) is 0 Å². The Bertz CT molecular complexity index is 1240. The van der Waals surface area contributed by atoms with E-state index in [0.29, 0.717) is 37.7 Å². The van der Waals surface area contributed by atoms with Gasteiger partial charge in [0.2, 0.25) is 0 Å². The summed E-state index contributed by atoms with van der Waals surface area (Å²) in [7, 11) is -1.28. The van der Waals surface area contributed by atoms with Crippen molar-refractivity contribution < 1.29 is 26.6 Å². The zero-order chi connectivity index (χ0) is 28.9. The molecule has 0 unspecified atom stereocenters. The summed E-state index contributed by atoms with van der Waals surface area (Å²) in [6.45, 7) is -3.06. The maximum Gasteiger partial charge on any atom is 0.252 e. The lowest BCUT2D eigenvalue weighted by Gasteiger charge is -2.46. The average Bonchev–Trinajstić information content (AvgIpc) is 3.19. The molecule has 0 saturated carbocycles. The molecule has 2 aliphatic heterocycles. The van der Waals surface area contributed by atoms with Crippen LogP contribution in [-0.2, 0) is 16.0 Å². The van der Waals surface area contributed by atoms with Crippen LogP contribution in [0.4, 0.5) is 0 Å². The Labute approximate surface area is 191 Å². The number of likely N-dealkylation sites (N-methyl/N-ethyl adjacent to an activating group) is 1. The van der Waals surface area contributed by atoms with Crippen molar-refractivity contribution in [3.63, 3.8) is 0 Å². The van der Waals surface area contributed by atoms with Crippen LogP contribution in [0.1, 0.15) is 49.4 Å². The van der Waals surface area contributed by atoms with Crippen molar-refractivity contribution in [3.05, 3.63) is 41.3 Å². The number of amides is 1. The summed E-state index contributed by atoms with van der Waals surface area (Å²) in [6, 6.07) is 5.00. The fourth-order valence-corrected chi connectivity index (χ4v) is 5.22. The molecule has 1 fully saturated rings. The standard InChI is InChI=1S/C24H33N3O3/c1-6-15-13-27-11-10-16-22-19(8-7-9-21(22)30-5)25-23(16)20(27)12-17(15)18(14-29-4)24(28)26(2)3/h7-9,14-15,17,20,25H,6,10-13H2,1-5H3/b18-14+/t15-,17+,20+/m1/s1/i2D3,3D3,5D3. The van der Waals surface area contributed by atoms with E-state index in [-0.39, 0.29) is 28.2 Å². The van der Waals surface area contributed by atoms with E-state index in [1.165, 1.54) is 13.4 Å². The molecule has 0 aliphatic carbocycles. The lowest BCUT2D eigenvalue weighted by molar-refractivity contribution is -0.126. The molecule has 0 spiro atoms. The molecule has 2 aromatic rings. The van der Waals surface area contributed by atoms with Crippen LogP contribution < -0.4 is 4.74 Å². The molecule has 0 radical (unpaired) electrons. The van der Waals surface area contributed by atoms with Gasteiger partial charge in [0, 0.05) is 51.9 Å². The number of piperidine rings is 1. The van der Waals surface area contributed by atoms with Crippen LogP contribution in [0.5, 0.6) is 5.75 Å². The van der Waals surface area contributed by atoms with Crippen LogP contribution in [0.2, 0.25) is 0 Å². The first-order chi connectivity index (χ1) is 18.1. The van der Waals surface area contributed by atoms with Gasteiger partial charge >= 0.3 is 0 Å². The van der Waals surface area contributed by atoms with E-state index in [0.717, 1.165) is 16.8 Å². The molecule has 1 aromatic carbocycles. The Morgan fingerprint density at radius 3 is 3.03 bits per heavy atom. The zero-order valence-electron chi connectivity index (χ0n) is 26.2. The normalized spacial score (nSPS) is 30.0. The highest BCUT2D eigenvalue weighted by Gasteiger charge is 2.42. The average molecular weight is 421 g/mol. The van der Waals surface area contributed by atoms with Gasteiger partial charge in [0.1, 0.15) is 5.75 Å². The van der Waals surface area contributed by atoms with Crippen molar-refractivity contribution in [2.24, 2.45) is 11.8 Å². The van der Waals surface area contributed by atoms with E-state index in [4.69, 9.17) is 21.8 Å². The molecule has 6 nitrogen and oxygen atoms in total. The SMILES string of the molecule is [2H]C([2H])([2H])Oc1cccc2[nH]c3c(c12)CCN1C[C@@H](CC)[C@@H](/C(=C\OC)C(=O)N(C([2H])([2H])[2H])C([2H])([2H])[2H])C[C@@H]31. The fraction of sp³-hybridized carbons (Fsp3) is 0.542. The molecule has 1 aromatic heterocycles. The number of aromatic amines is 1. The Morgan fingerprint density at radius 1 is 1.43 bits per heavy atom. The number of hydrogen-bond acceptors (Lipinski definition) is 4. The summed E-state index contributed by atoms with van der Waals surface area (Å²) in [5.74, 6) is -1.37. The van der Waals surface area contributed by atoms with Crippen LogP contribution in [0.3, 0.4) is 0 Å². The van der Waals surface area contributed by atoms with Crippen molar-refractivity contribution in [2.45, 2.75) is 32.2 Å². The minimum atomic E-state index is -3.17. The molecule has 1 N–H and O–H groups in total. The van der Waals surface area contributed by atoms with Crippen LogP contribution >= 0.6 is 0 Å². The van der Waals surface area contributed by atoms with Crippen molar-refractivity contribution in [1.82, 2.24) is 14.8 Å². The number of methoxy groups -OCH3 is 2. The zero-order valence-corrected chi connectivity index (χ0v) is 17.2. The second kappa shape index (κ2) is 8.34. The largest absolute Gasteiger partial charge is 0.504 e. The maximum absolute atomic E-state index is 13.6. The lowest BCUT2D eigenvalue weighted by atomic mass is 9.73. The number of carbonyl (C=O) groups is 1. The number of rotatable bonds is 5. The Hall–Kier alpha value is -2.47. The maximum atomic E-state index is 13.6. The van der Waals surface area contributed by atoms with Gasteiger partial charge < -0.3 is 19.4 Å². The van der Waals surface area contributed by atoms with Gasteiger partial charge in [-0.25, -0.2) is 0 Å². The second-order valence-corrected chi connectivity index (χ2v) is 8.02. The highest BCUT2D eigenvalue weighted by molar-refractivity contribution is 5.93. The third-order valence-electron chi connectivity index (χ3n) is 6.59. The number of benzene rings is 1. The van der Waals surface area contributed by atoms with E-state index in [1.807, 2.05) is 13.0 Å². The predicted molar refractivity (Wildman–Crippen MR) is 119 cm³/mol. The van der Waals surface area contributed by atoms with Crippen LogP contribution in [0, 0.1) is 11.8 Å². The van der Waals surface area contributed by atoms with Gasteiger partial charge in [-0.15, -0.1) is 0 Å². The minimum Gasteiger partial charge on any atom is -0.504 e. The van der Waals surface area contributed by atoms with E-state index >= 15 is 0 Å². The molecule has 30 heavy (non-hydrogen) atoms. The van der Waals surface area contributed by atoms with E-state index in [9.17, 15) is 4.79 Å². The summed E-state index contributed by atoms with van der Waals surface area (Å²) in [5.41, 5.74) is 2.56. The number of fused-ring (bicyclic) bond motifs is 5. The number of ether oxygens (including phenoxy) is 2. The van der Waals surface area contributed by atoms with E-state index in [2.05, 4.69) is 9.88 Å². The molecule has 162 valence electrons. The predicted octanol–water partition coefficient (Wildman–Crippen LogP) is 3.74. The highest BCUT2D eigenvalue weighted by atomic mass is 16.5. The van der Waals surface area contributed by atoms with Gasteiger partial charge in [0.05, 0.1) is 36.1 Å². The topological polar surface area (TPSA) is 57.8 Å². The van der Waals surface area contributed by atoms with Crippen molar-refractivity contribution in [2.75, 3.05) is 41.2 Å². The summed E-state index contributed by atoms with van der Waals surface area (Å²) < 4.78 is 79.6. The van der Waals surface area contributed by atoms with Crippen molar-refractivity contribution >= 4 is 16.8 Å². The third kappa shape index (κ3) is 3.37. The molecule has 1 saturated heterocycles. The smallest absolute Gasteiger partial charge is 0.252 e. The second-order valence-electron chi connectivity index (χ2n) is 8.02. The third-order valence-corrected chi connectivity index (χ3v) is 6.59. The van der Waals surface area contributed by atoms with Gasteiger partial charge in [0.15, 0.2) is 0 Å². The fourth-order valence-electron chi connectivity index (χ4n) is 5.22. The summed E-state index contributed by atoms with van der Waals surface area (Å²) in [5, 5.41) is 0.706. The molecular weight excluding hydrogens is 378 g/mol. The van der Waals surface area contributed by atoms with Gasteiger partial charge in [0.25, 0.3) is 5.91 Å². The van der Waals surface area contributed by atoms with E-state index in [1.54, 1.807) is 12.1 Å². The molecule has 3 atom stereocenters. The van der Waals surface area contributed by atoms with Crippen molar-refractivity contribution in [3.8, 4) is 5.75 Å². The number of nitrogens with zero attached hydrogens (tertiary/aromatic N) is 2. The molecule has 1 amide bonds. The Balaban J connectivity index is 1.76. The number of carbonyl (C=O) groups excluding carboxylic acids is 1. The molecule has 3 heterocycles. The minimum absolute atomic E-state index is 0.00547. The van der Waals surface area contributed by atoms with Gasteiger partial charge in [-0.1, -0.05) is 19.4 Å². The number of nitrogens with one attached hydrogen (secondary N) is 1. The number of hydrogen-bond donors (Lipinski definition) is 1. The van der Waals surface area contributed by atoms with Crippen LogP contribution in [0.15, 0.2) is 30.0 Å². The van der Waals surface area contributed by atoms with Gasteiger partial charge in [-0.3, -0.25) is 9.69 Å². The first kappa shape index (κ1) is 12.4. The molecule has 0 bridgehead atoms.